The molecule has 0 radical (unpaired) electrons. The minimum atomic E-state index is -1.57. The van der Waals surface area contributed by atoms with E-state index in [9.17, 15) is 38.7 Å². The van der Waals surface area contributed by atoms with Gasteiger partial charge in [-0.2, -0.15) is 0 Å². The zero-order valence-electron chi connectivity index (χ0n) is 27.1. The molecular weight excluding hydrogens is 590 g/mol. The van der Waals surface area contributed by atoms with E-state index in [-0.39, 0.29) is 18.8 Å². The van der Waals surface area contributed by atoms with Crippen molar-refractivity contribution in [2.45, 2.75) is 116 Å². The van der Waals surface area contributed by atoms with Gasteiger partial charge in [0.1, 0.15) is 30.2 Å². The molecular formula is C28H53N9O8. The Kier molecular flexibility index (Phi) is 18.5. The molecule has 14 N–H and O–H groups in total. The second-order valence-electron chi connectivity index (χ2n) is 11.9. The van der Waals surface area contributed by atoms with Gasteiger partial charge in [0.2, 0.25) is 41.4 Å². The van der Waals surface area contributed by atoms with E-state index >= 15 is 0 Å². The summed E-state index contributed by atoms with van der Waals surface area (Å²) in [6, 6.07) is -7.29. The molecule has 0 spiro atoms. The van der Waals surface area contributed by atoms with Crippen LogP contribution in [0, 0.1) is 11.8 Å². The molecule has 0 aliphatic rings. The van der Waals surface area contributed by atoms with Gasteiger partial charge in [0, 0.05) is 0 Å². The molecule has 0 aliphatic carbocycles. The molecule has 0 aromatic heterocycles. The predicted molar refractivity (Wildman–Crippen MR) is 165 cm³/mol. The smallest absolute Gasteiger partial charge is 0.243 e. The Labute approximate surface area is 264 Å². The number of nitrogens with two attached hydrogens (primary N) is 4. The normalized spacial score (nSPS) is 15.9. The lowest BCUT2D eigenvalue weighted by molar-refractivity contribution is -0.137. The molecule has 45 heavy (non-hydrogen) atoms. The van der Waals surface area contributed by atoms with Crippen LogP contribution in [0.1, 0.15) is 73.6 Å². The number of rotatable bonds is 21. The Bertz CT molecular complexity index is 1040. The number of carbonyl (C=O) groups is 7. The van der Waals surface area contributed by atoms with Crippen molar-refractivity contribution in [3.05, 3.63) is 0 Å². The van der Waals surface area contributed by atoms with Gasteiger partial charge in [-0.05, 0) is 57.9 Å². The van der Waals surface area contributed by atoms with Crippen molar-refractivity contribution in [3.8, 4) is 0 Å². The number of primary amides is 2. The second kappa shape index (κ2) is 20.2. The van der Waals surface area contributed by atoms with E-state index in [1.807, 2.05) is 13.8 Å². The van der Waals surface area contributed by atoms with Gasteiger partial charge in [-0.1, -0.05) is 27.7 Å². The Hall–Kier alpha value is -3.83. The molecule has 0 aromatic rings. The van der Waals surface area contributed by atoms with E-state index in [2.05, 4.69) is 26.6 Å². The van der Waals surface area contributed by atoms with Gasteiger partial charge in [0.05, 0.1) is 18.6 Å². The average Bonchev–Trinajstić information content (AvgIpc) is 2.91. The lowest BCUT2D eigenvalue weighted by atomic mass is 9.99. The summed E-state index contributed by atoms with van der Waals surface area (Å²) in [6.45, 7) is 9.99. The van der Waals surface area contributed by atoms with E-state index in [0.29, 0.717) is 19.4 Å². The molecule has 17 nitrogen and oxygen atoms in total. The van der Waals surface area contributed by atoms with Crippen molar-refractivity contribution >= 4 is 41.4 Å². The van der Waals surface area contributed by atoms with Crippen LogP contribution in [0.5, 0.6) is 0 Å². The summed E-state index contributed by atoms with van der Waals surface area (Å²) >= 11 is 0. The second-order valence-corrected chi connectivity index (χ2v) is 11.9. The third-order valence-electron chi connectivity index (χ3n) is 6.71. The number of hydrogen-bond acceptors (Lipinski definition) is 10. The van der Waals surface area contributed by atoms with Gasteiger partial charge in [-0.25, -0.2) is 0 Å². The van der Waals surface area contributed by atoms with Gasteiger partial charge in [-0.3, -0.25) is 33.6 Å². The van der Waals surface area contributed by atoms with Crippen LogP contribution in [0.25, 0.3) is 0 Å². The van der Waals surface area contributed by atoms with Gasteiger partial charge in [0.15, 0.2) is 0 Å². The third-order valence-corrected chi connectivity index (χ3v) is 6.71. The number of carbonyl (C=O) groups excluding carboxylic acids is 7. The van der Waals surface area contributed by atoms with Crippen molar-refractivity contribution in [2.24, 2.45) is 34.8 Å². The number of aliphatic hydroxyl groups is 1. The zero-order chi connectivity index (χ0) is 35.0. The van der Waals surface area contributed by atoms with Crippen molar-refractivity contribution in [1.29, 1.82) is 0 Å². The summed E-state index contributed by atoms with van der Waals surface area (Å²) in [6.07, 6.45) is -0.598. The highest BCUT2D eigenvalue weighted by Gasteiger charge is 2.34. The topological polar surface area (TPSA) is 304 Å². The fourth-order valence-electron chi connectivity index (χ4n) is 4.18. The zero-order valence-corrected chi connectivity index (χ0v) is 27.1. The van der Waals surface area contributed by atoms with Crippen LogP contribution in [-0.2, 0) is 33.6 Å². The minimum absolute atomic E-state index is 0.0112. The highest BCUT2D eigenvalue weighted by molar-refractivity contribution is 5.97. The molecule has 7 atom stereocenters. The summed E-state index contributed by atoms with van der Waals surface area (Å²) in [5, 5.41) is 22.2. The van der Waals surface area contributed by atoms with Crippen molar-refractivity contribution in [2.75, 3.05) is 6.54 Å². The molecule has 0 saturated heterocycles. The van der Waals surface area contributed by atoms with Crippen molar-refractivity contribution < 1.29 is 38.7 Å². The van der Waals surface area contributed by atoms with E-state index in [4.69, 9.17) is 22.9 Å². The molecule has 0 fully saturated rings. The Balaban J connectivity index is 6.03. The summed E-state index contributed by atoms with van der Waals surface area (Å²) in [7, 11) is 0. The van der Waals surface area contributed by atoms with Crippen LogP contribution >= 0.6 is 0 Å². The van der Waals surface area contributed by atoms with Crippen LogP contribution in [-0.4, -0.2) is 95.4 Å². The quantitative estimate of drug-likeness (QED) is 0.0546. The van der Waals surface area contributed by atoms with Crippen LogP contribution in [0.3, 0.4) is 0 Å². The van der Waals surface area contributed by atoms with Gasteiger partial charge >= 0.3 is 0 Å². The summed E-state index contributed by atoms with van der Waals surface area (Å²) in [5.41, 5.74) is 21.7. The first-order chi connectivity index (χ1) is 20.8. The molecule has 0 saturated carbocycles. The first-order valence-electron chi connectivity index (χ1n) is 15.0. The SMILES string of the molecule is CC(C)C[C@H](NC(=O)[C@H](C)N)C(=O)N[C@@H](CCCCN)C(=O)N[C@H](C(=O)N[C@@H](CC(N)=O)C(=O)N[C@H](C(N)=O)[C@@H](C)O)C(C)C. The van der Waals surface area contributed by atoms with Crippen molar-refractivity contribution in [3.63, 3.8) is 0 Å². The molecule has 0 rings (SSSR count). The molecule has 0 aliphatic heterocycles. The number of aliphatic hydroxyl groups excluding tert-OH is 1. The molecule has 0 bridgehead atoms. The third kappa shape index (κ3) is 15.6. The summed E-state index contributed by atoms with van der Waals surface area (Å²) in [4.78, 5) is 88.5. The molecule has 17 heteroatoms. The van der Waals surface area contributed by atoms with Gasteiger partial charge < -0.3 is 54.6 Å². The predicted octanol–water partition coefficient (Wildman–Crippen LogP) is -3.67. The number of hydrogen-bond donors (Lipinski definition) is 10. The molecule has 7 amide bonds. The molecule has 0 heterocycles. The summed E-state index contributed by atoms with van der Waals surface area (Å²) < 4.78 is 0. The van der Waals surface area contributed by atoms with E-state index in [0.717, 1.165) is 0 Å². The van der Waals surface area contributed by atoms with Crippen LogP contribution in [0.2, 0.25) is 0 Å². The maximum atomic E-state index is 13.5. The summed E-state index contributed by atoms with van der Waals surface area (Å²) in [5.74, 6) is -6.28. The Morgan fingerprint density at radius 2 is 1.13 bits per heavy atom. The van der Waals surface area contributed by atoms with Gasteiger partial charge in [0.25, 0.3) is 0 Å². The number of nitrogens with one attached hydrogen (secondary N) is 5. The molecule has 0 unspecified atom stereocenters. The maximum absolute atomic E-state index is 13.5. The molecule has 258 valence electrons. The van der Waals surface area contributed by atoms with Crippen LogP contribution in [0.4, 0.5) is 0 Å². The maximum Gasteiger partial charge on any atom is 0.243 e. The number of unbranched alkanes of at least 4 members (excludes halogenated alkanes) is 1. The van der Waals surface area contributed by atoms with E-state index < -0.39 is 96.0 Å². The number of amides is 7. The van der Waals surface area contributed by atoms with E-state index in [1.165, 1.54) is 13.8 Å². The lowest BCUT2D eigenvalue weighted by Gasteiger charge is -2.29. The average molecular weight is 644 g/mol. The monoisotopic (exact) mass is 643 g/mol. The first-order valence-corrected chi connectivity index (χ1v) is 15.0. The Morgan fingerprint density at radius 3 is 1.58 bits per heavy atom. The highest BCUT2D eigenvalue weighted by atomic mass is 16.3. The van der Waals surface area contributed by atoms with Crippen LogP contribution < -0.4 is 49.5 Å². The highest BCUT2D eigenvalue weighted by Crippen LogP contribution is 2.10. The fourth-order valence-corrected chi connectivity index (χ4v) is 4.18. The van der Waals surface area contributed by atoms with Crippen LogP contribution in [0.15, 0.2) is 0 Å². The molecule has 0 aromatic carbocycles. The Morgan fingerprint density at radius 1 is 0.644 bits per heavy atom. The van der Waals surface area contributed by atoms with Crippen molar-refractivity contribution in [1.82, 2.24) is 26.6 Å². The van der Waals surface area contributed by atoms with E-state index in [1.54, 1.807) is 13.8 Å². The largest absolute Gasteiger partial charge is 0.391 e. The minimum Gasteiger partial charge on any atom is -0.391 e. The van der Waals surface area contributed by atoms with Gasteiger partial charge in [-0.15, -0.1) is 0 Å². The lowest BCUT2D eigenvalue weighted by Crippen LogP contribution is -2.61. The first kappa shape index (κ1) is 41.2. The fraction of sp³-hybridized carbons (Fsp3) is 0.750. The standard InChI is InChI=1S/C28H53N9O8/c1-13(2)11-18(34-24(41)15(5)30)26(43)33-17(9-7-8-10-29)25(42)36-21(14(3)4)28(45)35-19(12-20(31)39)27(44)37-22(16(6)38)23(32)40/h13-19,21-22,38H,7-12,29-30H2,1-6H3,(H2,31,39)(H2,32,40)(H,33,43)(H,34,41)(H,35,45)(H,36,42)(H,37,44)/t15-,16+,17-,18-,19-,21-,22-/m0/s1.